The van der Waals surface area contributed by atoms with E-state index in [4.69, 9.17) is 5.73 Å². The monoisotopic (exact) mass is 275 g/mol. The Kier molecular flexibility index (Phi) is 4.64. The Morgan fingerprint density at radius 2 is 1.61 bits per heavy atom. The van der Waals surface area contributed by atoms with Gasteiger partial charge in [0.1, 0.15) is 0 Å². The molecule has 2 N–H and O–H groups in total. The van der Waals surface area contributed by atoms with Crippen molar-refractivity contribution in [3.63, 3.8) is 0 Å². The van der Waals surface area contributed by atoms with E-state index < -0.39 is 10.0 Å². The van der Waals surface area contributed by atoms with Gasteiger partial charge in [-0.2, -0.15) is 4.31 Å². The molecule has 106 valence electrons. The van der Waals surface area contributed by atoms with Crippen molar-refractivity contribution in [2.75, 3.05) is 39.0 Å². The molecule has 1 saturated heterocycles. The minimum Gasteiger partial charge on any atom is -0.328 e. The average Bonchev–Trinajstić information content (AvgIpc) is 2.32. The molecule has 2 fully saturated rings. The second-order valence-corrected chi connectivity index (χ2v) is 7.78. The zero-order valence-corrected chi connectivity index (χ0v) is 12.0. The summed E-state index contributed by atoms with van der Waals surface area (Å²) >= 11 is 0. The van der Waals surface area contributed by atoms with Crippen molar-refractivity contribution in [1.29, 1.82) is 0 Å². The Hall–Kier alpha value is -0.170. The molecule has 0 aromatic rings. The Morgan fingerprint density at radius 1 is 1.06 bits per heavy atom. The third-order valence-corrected chi connectivity index (χ3v) is 6.24. The molecule has 2 rings (SSSR count). The SMILES string of the molecule is CN1CCN(S(=O)(=O)CC2CCC(N)CC2)CC1. The molecule has 0 aromatic heterocycles. The fourth-order valence-electron chi connectivity index (χ4n) is 2.82. The lowest BCUT2D eigenvalue weighted by Crippen LogP contribution is -2.48. The summed E-state index contributed by atoms with van der Waals surface area (Å²) < 4.78 is 26.3. The van der Waals surface area contributed by atoms with Crippen LogP contribution in [0.15, 0.2) is 0 Å². The third kappa shape index (κ3) is 3.66. The average molecular weight is 275 g/mol. The molecule has 0 radical (unpaired) electrons. The maximum Gasteiger partial charge on any atom is 0.214 e. The first-order chi connectivity index (χ1) is 8.47. The second-order valence-electron chi connectivity index (χ2n) is 5.76. The molecule has 18 heavy (non-hydrogen) atoms. The zero-order chi connectivity index (χ0) is 13.2. The summed E-state index contributed by atoms with van der Waals surface area (Å²) in [5, 5.41) is 0. The maximum absolute atomic E-state index is 12.3. The molecule has 2 aliphatic rings. The van der Waals surface area contributed by atoms with Crippen LogP contribution in [0.3, 0.4) is 0 Å². The molecule has 1 saturated carbocycles. The quantitative estimate of drug-likeness (QED) is 0.792. The predicted octanol–water partition coefficient (Wildman–Crippen LogP) is 0.0811. The van der Waals surface area contributed by atoms with Crippen LogP contribution in [0.4, 0.5) is 0 Å². The highest BCUT2D eigenvalue weighted by molar-refractivity contribution is 7.89. The van der Waals surface area contributed by atoms with Crippen molar-refractivity contribution >= 4 is 10.0 Å². The van der Waals surface area contributed by atoms with Crippen LogP contribution in [0, 0.1) is 5.92 Å². The highest BCUT2D eigenvalue weighted by Crippen LogP contribution is 2.25. The number of likely N-dealkylation sites (N-methyl/N-ethyl adjacent to an activating group) is 1. The second kappa shape index (κ2) is 5.86. The molecule has 0 spiro atoms. The van der Waals surface area contributed by atoms with E-state index in [9.17, 15) is 8.42 Å². The summed E-state index contributed by atoms with van der Waals surface area (Å²) in [4.78, 5) is 2.17. The van der Waals surface area contributed by atoms with Gasteiger partial charge in [-0.25, -0.2) is 8.42 Å². The van der Waals surface area contributed by atoms with Crippen LogP contribution in [-0.4, -0.2) is 62.6 Å². The van der Waals surface area contributed by atoms with E-state index in [0.717, 1.165) is 38.8 Å². The Morgan fingerprint density at radius 3 is 2.17 bits per heavy atom. The molecule has 0 bridgehead atoms. The Labute approximate surface area is 110 Å². The first-order valence-corrected chi connectivity index (χ1v) is 8.50. The summed E-state index contributed by atoms with van der Waals surface area (Å²) in [5.41, 5.74) is 5.85. The van der Waals surface area contributed by atoms with Gasteiger partial charge in [0.05, 0.1) is 5.75 Å². The van der Waals surface area contributed by atoms with E-state index in [1.165, 1.54) is 0 Å². The van der Waals surface area contributed by atoms with Gasteiger partial charge in [-0.15, -0.1) is 0 Å². The summed E-state index contributed by atoms with van der Waals surface area (Å²) in [6, 6.07) is 0.285. The number of hydrogen-bond acceptors (Lipinski definition) is 4. The molecule has 5 nitrogen and oxygen atoms in total. The van der Waals surface area contributed by atoms with Crippen molar-refractivity contribution in [3.8, 4) is 0 Å². The number of piperazine rings is 1. The van der Waals surface area contributed by atoms with Gasteiger partial charge in [-0.3, -0.25) is 0 Å². The molecular weight excluding hydrogens is 250 g/mol. The first-order valence-electron chi connectivity index (χ1n) is 6.89. The third-order valence-electron chi connectivity index (χ3n) is 4.19. The molecule has 0 unspecified atom stereocenters. The molecule has 1 aliphatic heterocycles. The number of rotatable bonds is 3. The lowest BCUT2D eigenvalue weighted by molar-refractivity contribution is 0.220. The van der Waals surface area contributed by atoms with Crippen molar-refractivity contribution in [1.82, 2.24) is 9.21 Å². The highest BCUT2D eigenvalue weighted by Gasteiger charge is 2.30. The number of sulfonamides is 1. The standard InChI is InChI=1S/C12H25N3O2S/c1-14-6-8-15(9-7-14)18(16,17)10-11-2-4-12(13)5-3-11/h11-12H,2-10,13H2,1H3. The lowest BCUT2D eigenvalue weighted by atomic mass is 9.88. The van der Waals surface area contributed by atoms with Crippen molar-refractivity contribution in [2.45, 2.75) is 31.7 Å². The van der Waals surface area contributed by atoms with Crippen LogP contribution in [0.5, 0.6) is 0 Å². The number of hydrogen-bond donors (Lipinski definition) is 1. The summed E-state index contributed by atoms with van der Waals surface area (Å²) in [6.45, 7) is 2.97. The van der Waals surface area contributed by atoms with Gasteiger partial charge in [0, 0.05) is 32.2 Å². The zero-order valence-electron chi connectivity index (χ0n) is 11.2. The minimum absolute atomic E-state index is 0.285. The van der Waals surface area contributed by atoms with E-state index in [1.807, 2.05) is 7.05 Å². The van der Waals surface area contributed by atoms with Crippen LogP contribution in [0.1, 0.15) is 25.7 Å². The van der Waals surface area contributed by atoms with E-state index >= 15 is 0 Å². The molecule has 0 aromatic carbocycles. The fourth-order valence-corrected chi connectivity index (χ4v) is 4.68. The molecule has 6 heteroatoms. The van der Waals surface area contributed by atoms with Crippen molar-refractivity contribution < 1.29 is 8.42 Å². The highest BCUT2D eigenvalue weighted by atomic mass is 32.2. The van der Waals surface area contributed by atoms with Crippen molar-refractivity contribution in [2.24, 2.45) is 11.7 Å². The normalized spacial score (nSPS) is 32.6. The summed E-state index contributed by atoms with van der Waals surface area (Å²) in [6.07, 6.45) is 3.88. The van der Waals surface area contributed by atoms with Crippen LogP contribution >= 0.6 is 0 Å². The van der Waals surface area contributed by atoms with Gasteiger partial charge in [0.15, 0.2) is 0 Å². The van der Waals surface area contributed by atoms with Crippen LogP contribution in [0.2, 0.25) is 0 Å². The van der Waals surface area contributed by atoms with Crippen LogP contribution in [-0.2, 0) is 10.0 Å². The largest absolute Gasteiger partial charge is 0.328 e. The summed E-state index contributed by atoms with van der Waals surface area (Å²) in [7, 11) is -1.02. The van der Waals surface area contributed by atoms with Gasteiger partial charge in [0.25, 0.3) is 0 Å². The molecular formula is C12H25N3O2S. The number of nitrogens with zero attached hydrogens (tertiary/aromatic N) is 2. The minimum atomic E-state index is -3.06. The Balaban J connectivity index is 1.87. The van der Waals surface area contributed by atoms with Crippen molar-refractivity contribution in [3.05, 3.63) is 0 Å². The fraction of sp³-hybridized carbons (Fsp3) is 1.00. The molecule has 0 amide bonds. The van der Waals surface area contributed by atoms with E-state index in [0.29, 0.717) is 24.8 Å². The van der Waals surface area contributed by atoms with Gasteiger partial charge in [-0.05, 0) is 38.6 Å². The smallest absolute Gasteiger partial charge is 0.214 e. The van der Waals surface area contributed by atoms with E-state index in [1.54, 1.807) is 4.31 Å². The van der Waals surface area contributed by atoms with E-state index in [2.05, 4.69) is 4.90 Å². The topological polar surface area (TPSA) is 66.6 Å². The molecule has 1 heterocycles. The summed E-state index contributed by atoms with van der Waals surface area (Å²) in [5.74, 6) is 0.637. The van der Waals surface area contributed by atoms with Gasteiger partial charge < -0.3 is 10.6 Å². The van der Waals surface area contributed by atoms with Gasteiger partial charge in [0.2, 0.25) is 10.0 Å². The molecule has 1 aliphatic carbocycles. The van der Waals surface area contributed by atoms with Gasteiger partial charge in [-0.1, -0.05) is 0 Å². The van der Waals surface area contributed by atoms with E-state index in [-0.39, 0.29) is 6.04 Å². The Bertz CT molecular complexity index is 356. The predicted molar refractivity (Wildman–Crippen MR) is 72.8 cm³/mol. The lowest BCUT2D eigenvalue weighted by Gasteiger charge is -2.33. The van der Waals surface area contributed by atoms with Crippen LogP contribution in [0.25, 0.3) is 0 Å². The maximum atomic E-state index is 12.3. The first kappa shape index (κ1) is 14.2. The number of nitrogens with two attached hydrogens (primary N) is 1. The van der Waals surface area contributed by atoms with Crippen LogP contribution < -0.4 is 5.73 Å². The van der Waals surface area contributed by atoms with Gasteiger partial charge >= 0.3 is 0 Å². The molecule has 0 atom stereocenters.